The van der Waals surface area contributed by atoms with Crippen molar-refractivity contribution in [1.82, 2.24) is 5.32 Å². The van der Waals surface area contributed by atoms with Crippen molar-refractivity contribution in [2.24, 2.45) is 0 Å². The number of hydrogen-bond acceptors (Lipinski definition) is 8. The lowest BCUT2D eigenvalue weighted by Crippen LogP contribution is -2.54. The molecule has 38 heavy (non-hydrogen) atoms. The van der Waals surface area contributed by atoms with Crippen LogP contribution in [0, 0.1) is 0 Å². The number of benzene rings is 2. The number of anilines is 1. The topological polar surface area (TPSA) is 182 Å². The Hall–Kier alpha value is -3.46. The molecule has 14 heteroatoms. The van der Waals surface area contributed by atoms with Gasteiger partial charge in [-0.25, -0.2) is 4.79 Å². The van der Waals surface area contributed by atoms with Crippen molar-refractivity contribution in [2.75, 3.05) is 11.2 Å². The van der Waals surface area contributed by atoms with Crippen LogP contribution in [0.2, 0.25) is 0 Å². The van der Waals surface area contributed by atoms with Gasteiger partial charge in [0.1, 0.15) is 0 Å². The summed E-state index contributed by atoms with van der Waals surface area (Å²) in [6, 6.07) is 6.51. The molecule has 1 saturated carbocycles. The van der Waals surface area contributed by atoms with Gasteiger partial charge in [0.2, 0.25) is 11.6 Å². The van der Waals surface area contributed by atoms with Gasteiger partial charge in [-0.15, -0.1) is 0 Å². The Kier molecular flexibility index (Phi) is 8.21. The molecule has 1 aliphatic carbocycles. The number of alkyl halides is 2. The van der Waals surface area contributed by atoms with Crippen LogP contribution in [0.25, 0.3) is 11.1 Å². The van der Waals surface area contributed by atoms with E-state index < -0.39 is 40.3 Å². The van der Waals surface area contributed by atoms with Gasteiger partial charge in [0.05, 0.1) is 17.5 Å². The van der Waals surface area contributed by atoms with E-state index in [2.05, 4.69) is 5.32 Å². The number of carbonyl (C=O) groups is 3. The zero-order chi connectivity index (χ0) is 27.2. The van der Waals surface area contributed by atoms with Crippen molar-refractivity contribution in [1.29, 1.82) is 0 Å². The second-order valence-electron chi connectivity index (χ2n) is 9.04. The van der Waals surface area contributed by atoms with Crippen LogP contribution in [0.15, 0.2) is 30.3 Å². The highest BCUT2D eigenvalue weighted by Gasteiger charge is 2.50. The fourth-order valence-electron chi connectivity index (χ4n) is 4.66. The average Bonchev–Trinajstić information content (AvgIpc) is 3.57. The second kappa shape index (κ2) is 10.7. The minimum Gasteiger partial charge on any atom is -0.479 e. The molecule has 0 aromatic heterocycles. The Labute approximate surface area is 216 Å². The molecule has 1 fully saturated rings. The van der Waals surface area contributed by atoms with Crippen LogP contribution in [0.4, 0.5) is 14.5 Å². The van der Waals surface area contributed by atoms with E-state index in [0.29, 0.717) is 36.8 Å². The number of ketones is 2. The third-order valence-corrected chi connectivity index (χ3v) is 6.28. The van der Waals surface area contributed by atoms with Gasteiger partial charge in [0.15, 0.2) is 11.8 Å². The van der Waals surface area contributed by atoms with E-state index in [1.165, 1.54) is 17.0 Å². The zero-order valence-electron chi connectivity index (χ0n) is 20.3. The van der Waals surface area contributed by atoms with Crippen molar-refractivity contribution in [3.8, 4) is 16.9 Å². The van der Waals surface area contributed by atoms with Crippen LogP contribution in [-0.4, -0.2) is 66.0 Å². The number of nitrogens with one attached hydrogen (secondary N) is 1. The second-order valence-corrected chi connectivity index (χ2v) is 10.5. The highest BCUT2D eigenvalue weighted by atomic mass is 32.2. The summed E-state index contributed by atoms with van der Waals surface area (Å²) in [6.45, 7) is -0.547. The number of hydrogen-bond donors (Lipinski definition) is 3. The van der Waals surface area contributed by atoms with E-state index in [0.717, 1.165) is 11.1 Å². The van der Waals surface area contributed by atoms with Crippen molar-refractivity contribution >= 4 is 33.3 Å². The van der Waals surface area contributed by atoms with Crippen LogP contribution < -0.4 is 15.0 Å². The van der Waals surface area contributed by atoms with E-state index in [-0.39, 0.29) is 34.6 Å². The minimum absolute atomic E-state index is 0. The number of carboxylic acids is 1. The summed E-state index contributed by atoms with van der Waals surface area (Å²) >= 11 is 0. The number of fused-ring (bicyclic) bond motifs is 2. The number of carboxylic acid groups (broad SMARTS) is 1. The third kappa shape index (κ3) is 5.83. The van der Waals surface area contributed by atoms with Crippen LogP contribution in [0.1, 0.15) is 47.3 Å². The largest absolute Gasteiger partial charge is 0.479 e. The maximum Gasteiger partial charge on any atom is 0.387 e. The van der Waals surface area contributed by atoms with Crippen LogP contribution >= 0.6 is 0 Å². The van der Waals surface area contributed by atoms with Crippen LogP contribution in [0.3, 0.4) is 0 Å². The molecule has 2 aromatic rings. The number of carbonyl (C=O) groups excluding carboxylic acids is 2. The molecule has 3 aliphatic rings. The smallest absolute Gasteiger partial charge is 0.387 e. The summed E-state index contributed by atoms with van der Waals surface area (Å²) in [5.74, 6) is -3.87. The molecule has 0 saturated heterocycles. The maximum absolute atomic E-state index is 13.5. The molecule has 1 unspecified atom stereocenters. The number of aliphatic carboxylic acids is 1. The summed E-state index contributed by atoms with van der Waals surface area (Å²) < 4.78 is 57.8. The van der Waals surface area contributed by atoms with Crippen molar-refractivity contribution in [3.05, 3.63) is 47.0 Å². The standard InChI is InChI=1S/C23H20F2N2O5.CH4O3S.H2O/c1-10-14-5-2-11(8-12(14)9-26-10)15-6-7-16-17(21(15)32-23(24)25)27(13-3-4-13)18(22(30)31)20(29)19(16)28;1-5(2,3)4;/h2,5-8,10,13,18,23,26H,3-4,9H2,1H3,(H,30,31);1H3,(H,2,3,4);1H2/t10-,18?;;/m1../s1. The van der Waals surface area contributed by atoms with Gasteiger partial charge in [0, 0.05) is 24.2 Å². The predicted octanol–water partition coefficient (Wildman–Crippen LogP) is 1.99. The van der Waals surface area contributed by atoms with Gasteiger partial charge in [-0.05, 0) is 54.7 Å². The van der Waals surface area contributed by atoms with Gasteiger partial charge >= 0.3 is 12.6 Å². The molecule has 206 valence electrons. The SMILES string of the molecule is CS(=O)(=O)O.C[C@H]1NCc2cc(-c3ccc4c(c3OC(F)F)N(C3CC3)C(C(=O)O)C(=O)C4=O)ccc21.O. The van der Waals surface area contributed by atoms with Gasteiger partial charge in [0.25, 0.3) is 10.1 Å². The monoisotopic (exact) mass is 556 g/mol. The average molecular weight is 557 g/mol. The normalized spacial score (nSPS) is 20.2. The lowest BCUT2D eigenvalue weighted by atomic mass is 9.89. The van der Waals surface area contributed by atoms with Crippen molar-refractivity contribution in [2.45, 2.75) is 51.0 Å². The number of ether oxygens (including phenoxy) is 1. The van der Waals surface area contributed by atoms with E-state index in [1.54, 1.807) is 6.07 Å². The molecule has 5 rings (SSSR count). The van der Waals surface area contributed by atoms with E-state index in [4.69, 9.17) is 9.29 Å². The fraction of sp³-hybridized carbons (Fsp3) is 0.375. The molecule has 0 spiro atoms. The zero-order valence-corrected chi connectivity index (χ0v) is 21.1. The van der Waals surface area contributed by atoms with E-state index >= 15 is 0 Å². The Morgan fingerprint density at radius 3 is 2.32 bits per heavy atom. The third-order valence-electron chi connectivity index (χ3n) is 6.28. The Balaban J connectivity index is 0.000000612. The number of rotatable bonds is 5. The Morgan fingerprint density at radius 2 is 1.76 bits per heavy atom. The van der Waals surface area contributed by atoms with Crippen LogP contribution in [0.5, 0.6) is 5.75 Å². The molecule has 2 heterocycles. The summed E-state index contributed by atoms with van der Waals surface area (Å²) in [7, 11) is -3.67. The highest BCUT2D eigenvalue weighted by molar-refractivity contribution is 7.85. The first-order valence-corrected chi connectivity index (χ1v) is 13.1. The molecule has 2 aliphatic heterocycles. The maximum atomic E-state index is 13.5. The Morgan fingerprint density at radius 1 is 1.16 bits per heavy atom. The quantitative estimate of drug-likeness (QED) is 0.280. The first kappa shape index (κ1) is 29.1. The summed E-state index contributed by atoms with van der Waals surface area (Å²) in [4.78, 5) is 38.4. The van der Waals surface area contributed by atoms with E-state index in [9.17, 15) is 36.7 Å². The number of halogens is 2. The Bertz CT molecular complexity index is 1390. The molecular formula is C24H26F2N2O9S. The molecule has 5 N–H and O–H groups in total. The lowest BCUT2D eigenvalue weighted by molar-refractivity contribution is -0.141. The molecule has 0 amide bonds. The first-order valence-electron chi connectivity index (χ1n) is 11.3. The first-order chi connectivity index (χ1) is 17.3. The summed E-state index contributed by atoms with van der Waals surface area (Å²) in [5.41, 5.74) is 2.87. The summed E-state index contributed by atoms with van der Waals surface area (Å²) in [6.07, 6.45) is 1.89. The molecule has 2 aromatic carbocycles. The summed E-state index contributed by atoms with van der Waals surface area (Å²) in [5, 5.41) is 13.0. The number of nitrogens with zero attached hydrogens (tertiary/aromatic N) is 1. The molecule has 0 bridgehead atoms. The fourth-order valence-corrected chi connectivity index (χ4v) is 4.66. The van der Waals surface area contributed by atoms with E-state index in [1.807, 2.05) is 19.1 Å². The molecule has 0 radical (unpaired) electrons. The number of Topliss-reactive ketones (excluding diaryl/α,β-unsaturated/α-hetero) is 2. The molecular weight excluding hydrogens is 530 g/mol. The molecule has 11 nitrogen and oxygen atoms in total. The highest BCUT2D eigenvalue weighted by Crippen LogP contribution is 2.49. The van der Waals surface area contributed by atoms with Crippen molar-refractivity contribution < 1.29 is 51.5 Å². The lowest BCUT2D eigenvalue weighted by Gasteiger charge is -2.36. The van der Waals surface area contributed by atoms with Crippen LogP contribution in [-0.2, 0) is 26.3 Å². The van der Waals surface area contributed by atoms with Crippen molar-refractivity contribution in [3.63, 3.8) is 0 Å². The van der Waals surface area contributed by atoms with Gasteiger partial charge < -0.3 is 25.5 Å². The van der Waals surface area contributed by atoms with Gasteiger partial charge in [-0.1, -0.05) is 12.1 Å². The van der Waals surface area contributed by atoms with Gasteiger partial charge in [-0.2, -0.15) is 17.2 Å². The predicted molar refractivity (Wildman–Crippen MR) is 131 cm³/mol. The minimum atomic E-state index is -3.67. The van der Waals surface area contributed by atoms with Gasteiger partial charge in [-0.3, -0.25) is 14.1 Å². The molecule has 2 atom stereocenters.